The molecule has 0 spiro atoms. The Morgan fingerprint density at radius 2 is 1.73 bits per heavy atom. The Labute approximate surface area is 89.6 Å². The number of aliphatic hydroxyl groups is 1. The van der Waals surface area contributed by atoms with Crippen molar-refractivity contribution in [2.45, 2.75) is 6.10 Å². The van der Waals surface area contributed by atoms with Gasteiger partial charge in [0.15, 0.2) is 0 Å². The molecule has 15 heavy (non-hydrogen) atoms. The summed E-state index contributed by atoms with van der Waals surface area (Å²) in [6, 6.07) is 4.76. The largest absolute Gasteiger partial charge is 0.384 e. The van der Waals surface area contributed by atoms with E-state index in [0.717, 1.165) is 18.2 Å². The van der Waals surface area contributed by atoms with Crippen molar-refractivity contribution in [3.05, 3.63) is 57.8 Å². The summed E-state index contributed by atoms with van der Waals surface area (Å²) in [6.45, 7) is 0. The summed E-state index contributed by atoms with van der Waals surface area (Å²) >= 11 is 1.42. The number of thiophene rings is 1. The lowest BCUT2D eigenvalue weighted by molar-refractivity contribution is 0.219. The van der Waals surface area contributed by atoms with Crippen LogP contribution in [0.2, 0.25) is 0 Å². The Balaban J connectivity index is 2.37. The molecule has 0 amide bonds. The Morgan fingerprint density at radius 1 is 1.07 bits per heavy atom. The molecule has 0 unspecified atom stereocenters. The third-order valence-corrected chi connectivity index (χ3v) is 2.76. The van der Waals surface area contributed by atoms with Crippen molar-refractivity contribution in [2.24, 2.45) is 0 Å². The molecule has 0 saturated carbocycles. The zero-order valence-electron chi connectivity index (χ0n) is 7.65. The monoisotopic (exact) mass is 226 g/mol. The van der Waals surface area contributed by atoms with Gasteiger partial charge >= 0.3 is 0 Å². The second-order valence-electron chi connectivity index (χ2n) is 3.16. The number of benzene rings is 1. The topological polar surface area (TPSA) is 20.2 Å². The van der Waals surface area contributed by atoms with Crippen LogP contribution in [0, 0.1) is 11.6 Å². The van der Waals surface area contributed by atoms with Crippen LogP contribution < -0.4 is 0 Å². The Bertz CT molecular complexity index is 433. The third-order valence-electron chi connectivity index (χ3n) is 2.06. The van der Waals surface area contributed by atoms with E-state index < -0.39 is 17.7 Å². The van der Waals surface area contributed by atoms with Crippen molar-refractivity contribution in [2.75, 3.05) is 0 Å². The van der Waals surface area contributed by atoms with Crippen molar-refractivity contribution in [3.8, 4) is 0 Å². The lowest BCUT2D eigenvalue weighted by Crippen LogP contribution is -1.99. The Morgan fingerprint density at radius 3 is 2.27 bits per heavy atom. The first-order valence-electron chi connectivity index (χ1n) is 4.33. The summed E-state index contributed by atoms with van der Waals surface area (Å²) in [5, 5.41) is 13.3. The van der Waals surface area contributed by atoms with Crippen LogP contribution >= 0.6 is 11.3 Å². The number of hydrogen-bond donors (Lipinski definition) is 1. The maximum Gasteiger partial charge on any atom is 0.126 e. The van der Waals surface area contributed by atoms with E-state index in [1.807, 2.05) is 0 Å². The number of aliphatic hydroxyl groups excluding tert-OH is 1. The maximum absolute atomic E-state index is 12.9. The standard InChI is InChI=1S/C11H8F2OS/c12-9-3-8(4-10(13)5-9)11(14)7-1-2-15-6-7/h1-6,11,14H/t11-/m1/s1. The molecule has 1 N–H and O–H groups in total. The predicted molar refractivity (Wildman–Crippen MR) is 54.7 cm³/mol. The second kappa shape index (κ2) is 4.08. The lowest BCUT2D eigenvalue weighted by atomic mass is 10.0. The van der Waals surface area contributed by atoms with Gasteiger partial charge in [-0.15, -0.1) is 0 Å². The first-order chi connectivity index (χ1) is 7.16. The van der Waals surface area contributed by atoms with Gasteiger partial charge in [-0.2, -0.15) is 11.3 Å². The summed E-state index contributed by atoms with van der Waals surface area (Å²) in [6.07, 6.45) is -0.971. The fourth-order valence-electron chi connectivity index (χ4n) is 1.36. The van der Waals surface area contributed by atoms with Crippen molar-refractivity contribution in [1.82, 2.24) is 0 Å². The average Bonchev–Trinajstić information content (AvgIpc) is 2.67. The first-order valence-corrected chi connectivity index (χ1v) is 5.27. The molecule has 0 radical (unpaired) electrons. The van der Waals surface area contributed by atoms with E-state index in [1.54, 1.807) is 16.8 Å². The Hall–Kier alpha value is -1.26. The number of rotatable bonds is 2. The highest BCUT2D eigenvalue weighted by Gasteiger charge is 2.12. The van der Waals surface area contributed by atoms with E-state index in [1.165, 1.54) is 11.3 Å². The van der Waals surface area contributed by atoms with Gasteiger partial charge in [0.05, 0.1) is 0 Å². The highest BCUT2D eigenvalue weighted by Crippen LogP contribution is 2.24. The lowest BCUT2D eigenvalue weighted by Gasteiger charge is -2.09. The Kier molecular flexibility index (Phi) is 2.79. The molecular formula is C11H8F2OS. The van der Waals surface area contributed by atoms with E-state index in [9.17, 15) is 13.9 Å². The van der Waals surface area contributed by atoms with Gasteiger partial charge in [0, 0.05) is 6.07 Å². The molecule has 0 fully saturated rings. The molecule has 1 heterocycles. The van der Waals surface area contributed by atoms with Crippen molar-refractivity contribution >= 4 is 11.3 Å². The minimum Gasteiger partial charge on any atom is -0.384 e. The van der Waals surface area contributed by atoms with Crippen LogP contribution in [-0.4, -0.2) is 5.11 Å². The summed E-state index contributed by atoms with van der Waals surface area (Å²) in [7, 11) is 0. The summed E-state index contributed by atoms with van der Waals surface area (Å²) < 4.78 is 25.8. The van der Waals surface area contributed by atoms with Crippen molar-refractivity contribution in [3.63, 3.8) is 0 Å². The average molecular weight is 226 g/mol. The normalized spacial score (nSPS) is 12.7. The van der Waals surface area contributed by atoms with Gasteiger partial charge in [-0.05, 0) is 40.1 Å². The van der Waals surface area contributed by atoms with Crippen LogP contribution in [0.15, 0.2) is 35.0 Å². The van der Waals surface area contributed by atoms with Gasteiger partial charge in [-0.25, -0.2) is 8.78 Å². The van der Waals surface area contributed by atoms with E-state index in [-0.39, 0.29) is 5.56 Å². The molecule has 1 aromatic heterocycles. The molecule has 0 saturated heterocycles. The first kappa shape index (κ1) is 10.3. The fraction of sp³-hybridized carbons (Fsp3) is 0.0909. The van der Waals surface area contributed by atoms with Crippen LogP contribution in [0.25, 0.3) is 0 Å². The summed E-state index contributed by atoms with van der Waals surface area (Å²) in [5.74, 6) is -1.36. The zero-order valence-corrected chi connectivity index (χ0v) is 8.47. The molecule has 1 nitrogen and oxygen atoms in total. The molecule has 0 bridgehead atoms. The van der Waals surface area contributed by atoms with Crippen LogP contribution in [0.1, 0.15) is 17.2 Å². The van der Waals surface area contributed by atoms with Gasteiger partial charge in [0.1, 0.15) is 17.7 Å². The molecule has 0 aliphatic carbocycles. The van der Waals surface area contributed by atoms with E-state index in [0.29, 0.717) is 5.56 Å². The van der Waals surface area contributed by atoms with Gasteiger partial charge in [0.2, 0.25) is 0 Å². The summed E-state index contributed by atoms with van der Waals surface area (Å²) in [5.41, 5.74) is 0.871. The van der Waals surface area contributed by atoms with Crippen LogP contribution in [-0.2, 0) is 0 Å². The molecule has 78 valence electrons. The SMILES string of the molecule is O[C@H](c1ccsc1)c1cc(F)cc(F)c1. The van der Waals surface area contributed by atoms with Crippen LogP contribution in [0.5, 0.6) is 0 Å². The molecule has 1 aromatic carbocycles. The van der Waals surface area contributed by atoms with Gasteiger partial charge < -0.3 is 5.11 Å². The molecule has 0 aliphatic heterocycles. The van der Waals surface area contributed by atoms with E-state index in [2.05, 4.69) is 0 Å². The molecule has 1 atom stereocenters. The fourth-order valence-corrected chi connectivity index (χ4v) is 2.03. The molecule has 2 aromatic rings. The van der Waals surface area contributed by atoms with Gasteiger partial charge in [0.25, 0.3) is 0 Å². The van der Waals surface area contributed by atoms with E-state index in [4.69, 9.17) is 0 Å². The smallest absolute Gasteiger partial charge is 0.126 e. The third kappa shape index (κ3) is 2.22. The van der Waals surface area contributed by atoms with Gasteiger partial charge in [-0.1, -0.05) is 0 Å². The summed E-state index contributed by atoms with van der Waals surface area (Å²) in [4.78, 5) is 0. The number of halogens is 2. The molecular weight excluding hydrogens is 218 g/mol. The quantitative estimate of drug-likeness (QED) is 0.834. The minimum atomic E-state index is -0.971. The zero-order chi connectivity index (χ0) is 10.8. The van der Waals surface area contributed by atoms with Gasteiger partial charge in [-0.3, -0.25) is 0 Å². The van der Waals surface area contributed by atoms with Crippen LogP contribution in [0.3, 0.4) is 0 Å². The van der Waals surface area contributed by atoms with Crippen LogP contribution in [0.4, 0.5) is 8.78 Å². The predicted octanol–water partition coefficient (Wildman–Crippen LogP) is 3.11. The molecule has 2 rings (SSSR count). The van der Waals surface area contributed by atoms with Crippen molar-refractivity contribution in [1.29, 1.82) is 0 Å². The van der Waals surface area contributed by atoms with Crippen molar-refractivity contribution < 1.29 is 13.9 Å². The second-order valence-corrected chi connectivity index (χ2v) is 3.94. The highest BCUT2D eigenvalue weighted by atomic mass is 32.1. The molecule has 4 heteroatoms. The highest BCUT2D eigenvalue weighted by molar-refractivity contribution is 7.07. The number of hydrogen-bond acceptors (Lipinski definition) is 2. The van der Waals surface area contributed by atoms with E-state index >= 15 is 0 Å². The molecule has 0 aliphatic rings. The minimum absolute atomic E-state index is 0.228. The maximum atomic E-state index is 12.9.